The summed E-state index contributed by atoms with van der Waals surface area (Å²) in [5, 5.41) is 4.47. The topological polar surface area (TPSA) is 35.6 Å². The van der Waals surface area contributed by atoms with E-state index in [1.54, 1.807) is 0 Å². The number of hydrogen-bond acceptors (Lipinski definition) is 2. The minimum absolute atomic E-state index is 0.467. The Balaban J connectivity index is 2.05. The van der Waals surface area contributed by atoms with E-state index in [2.05, 4.69) is 21.6 Å². The maximum atomic E-state index is 6.07. The highest BCUT2D eigenvalue weighted by Gasteiger charge is 2.26. The molecule has 2 unspecified atom stereocenters. The van der Waals surface area contributed by atoms with Gasteiger partial charge in [0.25, 0.3) is 0 Å². The van der Waals surface area contributed by atoms with Crippen molar-refractivity contribution in [2.24, 2.45) is 18.9 Å². The molecule has 0 amide bonds. The lowest BCUT2D eigenvalue weighted by Gasteiger charge is -2.18. The Labute approximate surface area is 118 Å². The Kier molecular flexibility index (Phi) is 3.29. The Morgan fingerprint density at radius 3 is 2.79 bits per heavy atom. The zero-order chi connectivity index (χ0) is 13.6. The van der Waals surface area contributed by atoms with Crippen LogP contribution in [-0.2, 0) is 19.5 Å². The second-order valence-corrected chi connectivity index (χ2v) is 6.09. The lowest BCUT2D eigenvalue weighted by Crippen LogP contribution is -2.16. The minimum atomic E-state index is 0.467. The van der Waals surface area contributed by atoms with E-state index in [9.17, 15) is 0 Å². The van der Waals surface area contributed by atoms with Gasteiger partial charge in [0.2, 0.25) is 0 Å². The number of aromatic nitrogens is 4. The van der Waals surface area contributed by atoms with Crippen LogP contribution in [0, 0.1) is 18.8 Å². The zero-order valence-corrected chi connectivity index (χ0v) is 12.6. The lowest BCUT2D eigenvalue weighted by atomic mass is 9.98. The van der Waals surface area contributed by atoms with Gasteiger partial charge in [-0.2, -0.15) is 5.10 Å². The predicted molar refractivity (Wildman–Crippen MR) is 77.3 cm³/mol. The van der Waals surface area contributed by atoms with E-state index in [1.165, 1.54) is 19.3 Å². The molecule has 2 atom stereocenters. The first-order valence-electron chi connectivity index (χ1n) is 7.06. The van der Waals surface area contributed by atoms with Crippen molar-refractivity contribution in [2.45, 2.75) is 45.5 Å². The van der Waals surface area contributed by atoms with Crippen molar-refractivity contribution in [2.75, 3.05) is 0 Å². The summed E-state index contributed by atoms with van der Waals surface area (Å²) < 4.78 is 4.22. The van der Waals surface area contributed by atoms with Gasteiger partial charge in [0.05, 0.1) is 11.6 Å². The number of nitrogens with zero attached hydrogens (tertiary/aromatic N) is 4. The molecule has 2 aromatic rings. The van der Waals surface area contributed by atoms with Crippen LogP contribution >= 0.6 is 11.6 Å². The Morgan fingerprint density at radius 2 is 2.16 bits per heavy atom. The number of halogens is 1. The number of rotatable bonds is 3. The molecule has 1 saturated carbocycles. The van der Waals surface area contributed by atoms with Crippen molar-refractivity contribution in [3.8, 4) is 0 Å². The molecule has 0 radical (unpaired) electrons. The predicted octanol–water partition coefficient (Wildman–Crippen LogP) is 3.25. The van der Waals surface area contributed by atoms with Gasteiger partial charge >= 0.3 is 0 Å². The summed E-state index contributed by atoms with van der Waals surface area (Å²) in [6.45, 7) is 5.40. The summed E-state index contributed by atoms with van der Waals surface area (Å²) in [4.78, 5) is 4.67. The van der Waals surface area contributed by atoms with Gasteiger partial charge in [-0.05, 0) is 25.2 Å². The van der Waals surface area contributed by atoms with Crippen molar-refractivity contribution in [3.05, 3.63) is 11.5 Å². The molecule has 1 aliphatic carbocycles. The Bertz CT molecular complexity index is 598. The highest BCUT2D eigenvalue weighted by molar-refractivity contribution is 6.16. The molecule has 104 valence electrons. The van der Waals surface area contributed by atoms with Crippen molar-refractivity contribution < 1.29 is 0 Å². The SMILES string of the molecule is Cc1nn(C)c2c1nc(CCl)n2CC1CCCC1C. The average molecular weight is 281 g/mol. The third-order valence-electron chi connectivity index (χ3n) is 4.54. The maximum absolute atomic E-state index is 6.07. The molecule has 3 rings (SSSR count). The zero-order valence-electron chi connectivity index (χ0n) is 11.9. The van der Waals surface area contributed by atoms with Crippen molar-refractivity contribution >= 4 is 22.8 Å². The first kappa shape index (κ1) is 13.0. The van der Waals surface area contributed by atoms with Gasteiger partial charge in [0.1, 0.15) is 11.3 Å². The number of aryl methyl sites for hydroxylation is 2. The van der Waals surface area contributed by atoms with Gasteiger partial charge in [0, 0.05) is 13.6 Å². The van der Waals surface area contributed by atoms with Gasteiger partial charge in [-0.3, -0.25) is 4.68 Å². The Hall–Kier alpha value is -1.03. The largest absolute Gasteiger partial charge is 0.312 e. The molecule has 1 aliphatic rings. The number of hydrogen-bond donors (Lipinski definition) is 0. The maximum Gasteiger partial charge on any atom is 0.158 e. The van der Waals surface area contributed by atoms with Crippen LogP contribution in [0.4, 0.5) is 0 Å². The molecule has 4 nitrogen and oxygen atoms in total. The van der Waals surface area contributed by atoms with E-state index in [1.807, 2.05) is 18.7 Å². The van der Waals surface area contributed by atoms with E-state index in [0.717, 1.165) is 41.1 Å². The van der Waals surface area contributed by atoms with Crippen LogP contribution in [0.1, 0.15) is 37.7 Å². The van der Waals surface area contributed by atoms with E-state index in [0.29, 0.717) is 5.88 Å². The highest BCUT2D eigenvalue weighted by atomic mass is 35.5. The third kappa shape index (κ3) is 2.06. The van der Waals surface area contributed by atoms with Crippen LogP contribution in [0.2, 0.25) is 0 Å². The Morgan fingerprint density at radius 1 is 1.37 bits per heavy atom. The first-order chi connectivity index (χ1) is 9.11. The molecular formula is C14H21ClN4. The van der Waals surface area contributed by atoms with Crippen LogP contribution in [0.25, 0.3) is 11.2 Å². The molecule has 0 bridgehead atoms. The minimum Gasteiger partial charge on any atom is -0.312 e. The van der Waals surface area contributed by atoms with E-state index in [-0.39, 0.29) is 0 Å². The van der Waals surface area contributed by atoms with Gasteiger partial charge < -0.3 is 4.57 Å². The summed E-state index contributed by atoms with van der Waals surface area (Å²) >= 11 is 6.07. The van der Waals surface area contributed by atoms with Crippen LogP contribution in [0.5, 0.6) is 0 Å². The van der Waals surface area contributed by atoms with Gasteiger partial charge in [0.15, 0.2) is 5.65 Å². The fourth-order valence-electron chi connectivity index (χ4n) is 3.40. The van der Waals surface area contributed by atoms with Gasteiger partial charge in [-0.25, -0.2) is 4.98 Å². The van der Waals surface area contributed by atoms with E-state index < -0.39 is 0 Å². The smallest absolute Gasteiger partial charge is 0.158 e. The second-order valence-electron chi connectivity index (χ2n) is 5.82. The average Bonchev–Trinajstić information content (AvgIpc) is 3.00. The molecule has 19 heavy (non-hydrogen) atoms. The van der Waals surface area contributed by atoms with E-state index >= 15 is 0 Å². The molecule has 0 saturated heterocycles. The van der Waals surface area contributed by atoms with Crippen LogP contribution in [0.15, 0.2) is 0 Å². The summed E-state index contributed by atoms with van der Waals surface area (Å²) in [6, 6.07) is 0. The van der Waals surface area contributed by atoms with Gasteiger partial charge in [-0.15, -0.1) is 11.6 Å². The fraction of sp³-hybridized carbons (Fsp3) is 0.714. The molecule has 2 heterocycles. The molecule has 1 fully saturated rings. The van der Waals surface area contributed by atoms with Crippen molar-refractivity contribution in [1.82, 2.24) is 19.3 Å². The van der Waals surface area contributed by atoms with Gasteiger partial charge in [-0.1, -0.05) is 19.8 Å². The standard InChI is InChI=1S/C14H21ClN4/c1-9-5-4-6-11(9)8-19-12(7-15)16-13-10(2)17-18(3)14(13)19/h9,11H,4-8H2,1-3H3. The lowest BCUT2D eigenvalue weighted by molar-refractivity contribution is 0.362. The molecule has 5 heteroatoms. The quantitative estimate of drug-likeness (QED) is 0.809. The summed E-state index contributed by atoms with van der Waals surface area (Å²) in [5.41, 5.74) is 3.11. The van der Waals surface area contributed by atoms with Crippen LogP contribution < -0.4 is 0 Å². The molecule has 0 spiro atoms. The third-order valence-corrected chi connectivity index (χ3v) is 4.78. The monoisotopic (exact) mass is 280 g/mol. The van der Waals surface area contributed by atoms with Crippen molar-refractivity contribution in [3.63, 3.8) is 0 Å². The van der Waals surface area contributed by atoms with E-state index in [4.69, 9.17) is 11.6 Å². The summed E-state index contributed by atoms with van der Waals surface area (Å²) in [5.74, 6) is 2.99. The molecule has 0 aliphatic heterocycles. The summed E-state index contributed by atoms with van der Waals surface area (Å²) in [6.07, 6.45) is 4.02. The first-order valence-corrected chi connectivity index (χ1v) is 7.60. The second kappa shape index (κ2) is 4.82. The van der Waals surface area contributed by atoms with Crippen LogP contribution in [0.3, 0.4) is 0 Å². The molecule has 0 N–H and O–H groups in total. The summed E-state index contributed by atoms with van der Waals surface area (Å²) in [7, 11) is 1.99. The van der Waals surface area contributed by atoms with Crippen LogP contribution in [-0.4, -0.2) is 19.3 Å². The molecule has 2 aromatic heterocycles. The highest BCUT2D eigenvalue weighted by Crippen LogP contribution is 2.34. The number of alkyl halides is 1. The number of imidazole rings is 1. The molecule has 0 aromatic carbocycles. The van der Waals surface area contributed by atoms with Crippen molar-refractivity contribution in [1.29, 1.82) is 0 Å². The molecular weight excluding hydrogens is 260 g/mol. The normalized spacial score (nSPS) is 23.6. The number of fused-ring (bicyclic) bond motifs is 1. The fourth-order valence-corrected chi connectivity index (χ4v) is 3.61.